The maximum atomic E-state index is 12.6. The topological polar surface area (TPSA) is 84.2 Å². The molecule has 170 valence electrons. The molecule has 1 heterocycles. The van der Waals surface area contributed by atoms with E-state index in [0.717, 1.165) is 23.3 Å². The van der Waals surface area contributed by atoms with Crippen molar-refractivity contribution >= 4 is 11.8 Å². The summed E-state index contributed by atoms with van der Waals surface area (Å²) in [7, 11) is 0. The molecule has 6 rings (SSSR count). The zero-order chi connectivity index (χ0) is 22.3. The lowest BCUT2D eigenvalue weighted by atomic mass is 9.49. The predicted octanol–water partition coefficient (Wildman–Crippen LogP) is 4.64. The number of carbonyl (C=O) groups is 2. The number of benzene rings is 1. The van der Waals surface area contributed by atoms with Crippen LogP contribution in [-0.4, -0.2) is 16.8 Å². The third kappa shape index (κ3) is 4.45. The van der Waals surface area contributed by atoms with Gasteiger partial charge in [0.2, 0.25) is 11.8 Å². The SMILES string of the molecule is Cc1ccc(-c2cnc(CCC(=O)NNC(=O)CC34CC5CC(CC(C5)C3)C4)o2)cc1C. The molecule has 6 nitrogen and oxygen atoms in total. The Bertz CT molecular complexity index is 990. The van der Waals surface area contributed by atoms with E-state index in [2.05, 4.69) is 41.8 Å². The van der Waals surface area contributed by atoms with Crippen molar-refractivity contribution in [3.63, 3.8) is 0 Å². The molecule has 4 aliphatic carbocycles. The first-order chi connectivity index (χ1) is 15.4. The van der Waals surface area contributed by atoms with Crippen LogP contribution >= 0.6 is 0 Å². The molecule has 0 unspecified atom stereocenters. The number of aryl methyl sites for hydroxylation is 3. The number of amides is 2. The third-order valence-electron chi connectivity index (χ3n) is 7.95. The quantitative estimate of drug-likeness (QED) is 0.647. The molecule has 0 aliphatic heterocycles. The summed E-state index contributed by atoms with van der Waals surface area (Å²) >= 11 is 0. The van der Waals surface area contributed by atoms with Crippen molar-refractivity contribution in [1.82, 2.24) is 15.8 Å². The fraction of sp³-hybridized carbons (Fsp3) is 0.577. The first kappa shape index (κ1) is 21.2. The molecule has 6 heteroatoms. The van der Waals surface area contributed by atoms with Gasteiger partial charge < -0.3 is 4.42 Å². The molecule has 32 heavy (non-hydrogen) atoms. The molecule has 4 bridgehead atoms. The Balaban J connectivity index is 1.08. The van der Waals surface area contributed by atoms with Crippen molar-refractivity contribution in [2.75, 3.05) is 0 Å². The van der Waals surface area contributed by atoms with Gasteiger partial charge in [-0.25, -0.2) is 4.98 Å². The number of nitrogens with one attached hydrogen (secondary N) is 2. The van der Waals surface area contributed by atoms with Crippen LogP contribution in [-0.2, 0) is 16.0 Å². The van der Waals surface area contributed by atoms with E-state index in [1.807, 2.05) is 6.07 Å². The van der Waals surface area contributed by atoms with Crippen LogP contribution in [0.2, 0.25) is 0 Å². The predicted molar refractivity (Wildman–Crippen MR) is 121 cm³/mol. The zero-order valence-corrected chi connectivity index (χ0v) is 19.1. The van der Waals surface area contributed by atoms with Gasteiger partial charge in [0.25, 0.3) is 0 Å². The van der Waals surface area contributed by atoms with Gasteiger partial charge in [0, 0.05) is 24.8 Å². The molecule has 0 atom stereocenters. The van der Waals surface area contributed by atoms with Crippen LogP contribution in [0.5, 0.6) is 0 Å². The minimum absolute atomic E-state index is 0.0616. The van der Waals surface area contributed by atoms with Crippen LogP contribution in [0.4, 0.5) is 0 Å². The lowest BCUT2D eigenvalue weighted by molar-refractivity contribution is -0.134. The molecule has 4 aliphatic rings. The van der Waals surface area contributed by atoms with Crippen molar-refractivity contribution in [2.24, 2.45) is 23.2 Å². The van der Waals surface area contributed by atoms with Crippen molar-refractivity contribution < 1.29 is 14.0 Å². The van der Waals surface area contributed by atoms with Gasteiger partial charge in [0.1, 0.15) is 0 Å². The van der Waals surface area contributed by atoms with Gasteiger partial charge in [-0.15, -0.1) is 0 Å². The van der Waals surface area contributed by atoms with Gasteiger partial charge >= 0.3 is 0 Å². The first-order valence-corrected chi connectivity index (χ1v) is 12.0. The summed E-state index contributed by atoms with van der Waals surface area (Å²) in [5.74, 6) is 3.39. The Kier molecular flexibility index (Phi) is 5.56. The molecule has 1 aromatic heterocycles. The van der Waals surface area contributed by atoms with E-state index in [9.17, 15) is 9.59 Å². The van der Waals surface area contributed by atoms with E-state index in [1.165, 1.54) is 49.7 Å². The average molecular weight is 436 g/mol. The Morgan fingerprint density at radius 2 is 1.66 bits per heavy atom. The standard InChI is InChI=1S/C26H33N3O3/c1-16-3-4-21(7-17(16)2)22-15-27-25(32-22)6-5-23(30)28-29-24(31)14-26-11-18-8-19(12-26)10-20(9-18)13-26/h3-4,7,15,18-20H,5-6,8-14H2,1-2H3,(H,28,30)(H,29,31). The Morgan fingerprint density at radius 3 is 2.31 bits per heavy atom. The summed E-state index contributed by atoms with van der Waals surface area (Å²) < 4.78 is 5.82. The van der Waals surface area contributed by atoms with E-state index in [-0.39, 0.29) is 23.7 Å². The second-order valence-electron chi connectivity index (χ2n) is 10.6. The van der Waals surface area contributed by atoms with Crippen molar-refractivity contribution in [3.05, 3.63) is 41.4 Å². The Labute approximate surface area is 189 Å². The second-order valence-corrected chi connectivity index (χ2v) is 10.6. The molecule has 2 aromatic rings. The molecule has 0 spiro atoms. The molecule has 4 fully saturated rings. The number of rotatable bonds is 6. The molecular weight excluding hydrogens is 402 g/mol. The van der Waals surface area contributed by atoms with E-state index >= 15 is 0 Å². The van der Waals surface area contributed by atoms with Crippen LogP contribution < -0.4 is 10.9 Å². The molecule has 0 radical (unpaired) electrons. The Morgan fingerprint density at radius 1 is 1.00 bits per heavy atom. The maximum absolute atomic E-state index is 12.6. The second kappa shape index (κ2) is 8.38. The smallest absolute Gasteiger partial charge is 0.238 e. The minimum atomic E-state index is -0.227. The third-order valence-corrected chi connectivity index (χ3v) is 7.95. The Hall–Kier alpha value is -2.63. The van der Waals surface area contributed by atoms with E-state index in [4.69, 9.17) is 4.42 Å². The number of hydrogen-bond acceptors (Lipinski definition) is 4. The number of hydrazine groups is 1. The molecule has 2 N–H and O–H groups in total. The molecule has 4 saturated carbocycles. The summed E-state index contributed by atoms with van der Waals surface area (Å²) in [6, 6.07) is 6.15. The van der Waals surface area contributed by atoms with Crippen molar-refractivity contribution in [2.45, 2.75) is 71.6 Å². The minimum Gasteiger partial charge on any atom is -0.441 e. The van der Waals surface area contributed by atoms with Gasteiger partial charge in [0.15, 0.2) is 11.7 Å². The van der Waals surface area contributed by atoms with Gasteiger partial charge in [0.05, 0.1) is 6.20 Å². The fourth-order valence-corrected chi connectivity index (χ4v) is 6.77. The highest BCUT2D eigenvalue weighted by molar-refractivity contribution is 5.82. The number of oxazole rings is 1. The summed E-state index contributed by atoms with van der Waals surface area (Å²) in [6.07, 6.45) is 10.5. The van der Waals surface area contributed by atoms with Crippen LogP contribution in [0.3, 0.4) is 0 Å². The normalized spacial score (nSPS) is 28.0. The number of hydrogen-bond donors (Lipinski definition) is 2. The number of aromatic nitrogens is 1. The highest BCUT2D eigenvalue weighted by Crippen LogP contribution is 2.61. The molecule has 1 aromatic carbocycles. The van der Waals surface area contributed by atoms with Crippen LogP contribution in [0, 0.1) is 37.0 Å². The maximum Gasteiger partial charge on any atom is 0.238 e. The lowest BCUT2D eigenvalue weighted by Gasteiger charge is -2.56. The number of carbonyl (C=O) groups excluding carboxylic acids is 2. The summed E-state index contributed by atoms with van der Waals surface area (Å²) in [6.45, 7) is 4.14. The lowest BCUT2D eigenvalue weighted by Crippen LogP contribution is -2.50. The van der Waals surface area contributed by atoms with E-state index in [0.29, 0.717) is 24.5 Å². The van der Waals surface area contributed by atoms with Gasteiger partial charge in [-0.05, 0) is 92.7 Å². The van der Waals surface area contributed by atoms with Gasteiger partial charge in [-0.1, -0.05) is 12.1 Å². The summed E-state index contributed by atoms with van der Waals surface area (Å²) in [5, 5.41) is 0. The average Bonchev–Trinajstić information content (AvgIpc) is 3.20. The number of nitrogens with zero attached hydrogens (tertiary/aromatic N) is 1. The zero-order valence-electron chi connectivity index (χ0n) is 19.1. The van der Waals surface area contributed by atoms with Crippen LogP contribution in [0.1, 0.15) is 68.4 Å². The van der Waals surface area contributed by atoms with E-state index in [1.54, 1.807) is 6.20 Å². The molecule has 0 saturated heterocycles. The monoisotopic (exact) mass is 435 g/mol. The van der Waals surface area contributed by atoms with Crippen molar-refractivity contribution in [1.29, 1.82) is 0 Å². The highest BCUT2D eigenvalue weighted by atomic mass is 16.4. The fourth-order valence-electron chi connectivity index (χ4n) is 6.77. The van der Waals surface area contributed by atoms with Crippen LogP contribution in [0.25, 0.3) is 11.3 Å². The van der Waals surface area contributed by atoms with Gasteiger partial charge in [-0.3, -0.25) is 20.4 Å². The summed E-state index contributed by atoms with van der Waals surface area (Å²) in [4.78, 5) is 29.1. The largest absolute Gasteiger partial charge is 0.441 e. The molecule has 2 amide bonds. The van der Waals surface area contributed by atoms with Crippen LogP contribution in [0.15, 0.2) is 28.8 Å². The highest BCUT2D eigenvalue weighted by Gasteiger charge is 2.51. The van der Waals surface area contributed by atoms with Crippen molar-refractivity contribution in [3.8, 4) is 11.3 Å². The van der Waals surface area contributed by atoms with Gasteiger partial charge in [-0.2, -0.15) is 0 Å². The first-order valence-electron chi connectivity index (χ1n) is 12.0. The van der Waals surface area contributed by atoms with E-state index < -0.39 is 0 Å². The summed E-state index contributed by atoms with van der Waals surface area (Å²) in [5.41, 5.74) is 8.81. The molecular formula is C26H33N3O3.